The Morgan fingerprint density at radius 2 is 1.78 bits per heavy atom. The van der Waals surface area contributed by atoms with Crippen LogP contribution >= 0.6 is 0 Å². The first-order valence-electron chi connectivity index (χ1n) is 8.47. The molecule has 1 amide bonds. The smallest absolute Gasteiger partial charge is 0.322 e. The van der Waals surface area contributed by atoms with Crippen molar-refractivity contribution >= 4 is 22.7 Å². The number of methoxy groups -OCH3 is 1. The molecule has 27 heavy (non-hydrogen) atoms. The zero-order valence-corrected chi connectivity index (χ0v) is 14.7. The lowest BCUT2D eigenvalue weighted by Crippen LogP contribution is -2.14. The lowest BCUT2D eigenvalue weighted by Gasteiger charge is -2.05. The highest BCUT2D eigenvalue weighted by Crippen LogP contribution is 2.23. The Hall–Kier alpha value is -3.67. The fourth-order valence-corrected chi connectivity index (χ4v) is 2.91. The van der Waals surface area contributed by atoms with Crippen LogP contribution in [-0.4, -0.2) is 23.2 Å². The van der Waals surface area contributed by atoms with Crippen LogP contribution in [0.1, 0.15) is 5.56 Å². The maximum absolute atomic E-state index is 12.4. The number of anilines is 1. The van der Waals surface area contributed by atoms with E-state index in [4.69, 9.17) is 9.15 Å². The summed E-state index contributed by atoms with van der Waals surface area (Å²) in [7, 11) is 1.60. The van der Waals surface area contributed by atoms with E-state index in [2.05, 4.69) is 15.5 Å². The second-order valence-electron chi connectivity index (χ2n) is 6.00. The molecule has 0 aliphatic carbocycles. The molecule has 4 rings (SSSR count). The number of amides is 1. The third-order valence-corrected chi connectivity index (χ3v) is 4.24. The lowest BCUT2D eigenvalue weighted by atomic mass is 10.0. The van der Waals surface area contributed by atoms with Crippen LogP contribution in [0.25, 0.3) is 22.2 Å². The Labute approximate surface area is 155 Å². The summed E-state index contributed by atoms with van der Waals surface area (Å²) >= 11 is 0. The molecule has 0 saturated heterocycles. The molecule has 0 atom stereocenters. The van der Waals surface area contributed by atoms with Gasteiger partial charge >= 0.3 is 6.01 Å². The third-order valence-electron chi connectivity index (χ3n) is 4.24. The monoisotopic (exact) mass is 359 g/mol. The van der Waals surface area contributed by atoms with Crippen molar-refractivity contribution in [2.45, 2.75) is 6.42 Å². The van der Waals surface area contributed by atoms with Crippen LogP contribution in [0.15, 0.2) is 71.1 Å². The van der Waals surface area contributed by atoms with Crippen LogP contribution in [0, 0.1) is 0 Å². The van der Waals surface area contributed by atoms with Gasteiger partial charge in [0, 0.05) is 5.56 Å². The lowest BCUT2D eigenvalue weighted by molar-refractivity contribution is -0.115. The van der Waals surface area contributed by atoms with E-state index in [1.54, 1.807) is 19.2 Å². The van der Waals surface area contributed by atoms with Crippen LogP contribution in [-0.2, 0) is 11.2 Å². The van der Waals surface area contributed by atoms with E-state index < -0.39 is 0 Å². The number of carbonyl (C=O) groups excluding carboxylic acids is 1. The average molecular weight is 359 g/mol. The van der Waals surface area contributed by atoms with Gasteiger partial charge in [0.05, 0.1) is 13.5 Å². The van der Waals surface area contributed by atoms with Crippen molar-refractivity contribution in [3.63, 3.8) is 0 Å². The molecule has 0 spiro atoms. The van der Waals surface area contributed by atoms with E-state index in [0.29, 0.717) is 5.89 Å². The minimum absolute atomic E-state index is 0.0751. The van der Waals surface area contributed by atoms with Gasteiger partial charge < -0.3 is 9.15 Å². The number of carbonyl (C=O) groups is 1. The number of ether oxygens (including phenoxy) is 1. The van der Waals surface area contributed by atoms with Gasteiger partial charge in [-0.3, -0.25) is 10.1 Å². The number of nitrogens with zero attached hydrogens (tertiary/aromatic N) is 2. The first-order valence-corrected chi connectivity index (χ1v) is 8.47. The Morgan fingerprint density at radius 3 is 2.59 bits per heavy atom. The highest BCUT2D eigenvalue weighted by molar-refractivity contribution is 5.95. The zero-order chi connectivity index (χ0) is 18.6. The van der Waals surface area contributed by atoms with Crippen molar-refractivity contribution in [1.29, 1.82) is 0 Å². The molecule has 0 aliphatic rings. The fraction of sp³-hybridized carbons (Fsp3) is 0.0952. The van der Waals surface area contributed by atoms with Gasteiger partial charge in [-0.15, -0.1) is 5.10 Å². The summed E-state index contributed by atoms with van der Waals surface area (Å²) in [4.78, 5) is 12.4. The molecule has 0 saturated carbocycles. The largest absolute Gasteiger partial charge is 0.497 e. The number of aromatic nitrogens is 2. The topological polar surface area (TPSA) is 77.3 Å². The molecule has 0 unspecified atom stereocenters. The second kappa shape index (κ2) is 7.29. The van der Waals surface area contributed by atoms with Crippen LogP contribution in [0.5, 0.6) is 5.75 Å². The maximum atomic E-state index is 12.4. The van der Waals surface area contributed by atoms with Crippen LogP contribution in [0.2, 0.25) is 0 Å². The Morgan fingerprint density at radius 1 is 1.00 bits per heavy atom. The Balaban J connectivity index is 1.47. The molecule has 1 heterocycles. The average Bonchev–Trinajstić information content (AvgIpc) is 3.16. The molecule has 0 bridgehead atoms. The number of benzene rings is 3. The highest BCUT2D eigenvalue weighted by Gasteiger charge is 2.13. The molecular weight excluding hydrogens is 342 g/mol. The number of hydrogen-bond donors (Lipinski definition) is 1. The van der Waals surface area contributed by atoms with Gasteiger partial charge in [-0.05, 0) is 40.6 Å². The molecule has 134 valence electrons. The van der Waals surface area contributed by atoms with E-state index in [-0.39, 0.29) is 18.3 Å². The SMILES string of the molecule is COc1ccc(-c2nnc(NC(=O)Cc3cccc4ccccc34)o2)cc1. The van der Waals surface area contributed by atoms with Gasteiger partial charge in [0.1, 0.15) is 5.75 Å². The molecule has 1 aromatic heterocycles. The first kappa shape index (κ1) is 16.8. The molecular formula is C21H17N3O3. The van der Waals surface area contributed by atoms with Gasteiger partial charge in [-0.2, -0.15) is 0 Å². The maximum Gasteiger partial charge on any atom is 0.322 e. The van der Waals surface area contributed by atoms with Crippen molar-refractivity contribution < 1.29 is 13.9 Å². The molecule has 0 fully saturated rings. The van der Waals surface area contributed by atoms with Crippen molar-refractivity contribution in [2.24, 2.45) is 0 Å². The summed E-state index contributed by atoms with van der Waals surface area (Å²) in [5.74, 6) is 0.858. The van der Waals surface area contributed by atoms with Crippen molar-refractivity contribution in [1.82, 2.24) is 10.2 Å². The fourth-order valence-electron chi connectivity index (χ4n) is 2.91. The molecule has 0 aliphatic heterocycles. The summed E-state index contributed by atoms with van der Waals surface area (Å²) in [5, 5.41) is 12.7. The summed E-state index contributed by atoms with van der Waals surface area (Å²) in [6.45, 7) is 0. The summed E-state index contributed by atoms with van der Waals surface area (Å²) in [6.07, 6.45) is 0.224. The summed E-state index contributed by atoms with van der Waals surface area (Å²) in [6, 6.07) is 21.2. The number of nitrogens with one attached hydrogen (secondary N) is 1. The third kappa shape index (κ3) is 3.64. The van der Waals surface area contributed by atoms with Crippen LogP contribution in [0.3, 0.4) is 0 Å². The van der Waals surface area contributed by atoms with E-state index >= 15 is 0 Å². The molecule has 4 aromatic rings. The highest BCUT2D eigenvalue weighted by atomic mass is 16.5. The Bertz CT molecular complexity index is 1080. The molecule has 6 nitrogen and oxygen atoms in total. The predicted octanol–water partition coefficient (Wildman–Crippen LogP) is 4.08. The Kier molecular flexibility index (Phi) is 4.53. The minimum Gasteiger partial charge on any atom is -0.497 e. The molecule has 3 aromatic carbocycles. The van der Waals surface area contributed by atoms with Gasteiger partial charge in [-0.25, -0.2) is 0 Å². The zero-order valence-electron chi connectivity index (χ0n) is 14.7. The number of rotatable bonds is 5. The number of hydrogen-bond acceptors (Lipinski definition) is 5. The van der Waals surface area contributed by atoms with Gasteiger partial charge in [0.15, 0.2) is 0 Å². The van der Waals surface area contributed by atoms with Gasteiger partial charge in [-0.1, -0.05) is 47.6 Å². The standard InChI is InChI=1S/C21H17N3O3/c1-26-17-11-9-15(10-12-17)20-23-24-21(27-20)22-19(25)13-16-7-4-6-14-5-2-3-8-18(14)16/h2-12H,13H2,1H3,(H,22,24,25). The minimum atomic E-state index is -0.212. The van der Waals surface area contributed by atoms with Crippen LogP contribution in [0.4, 0.5) is 6.01 Å². The molecule has 6 heteroatoms. The van der Waals surface area contributed by atoms with Gasteiger partial charge in [0.2, 0.25) is 11.8 Å². The summed E-state index contributed by atoms with van der Waals surface area (Å²) in [5.41, 5.74) is 1.69. The second-order valence-corrected chi connectivity index (χ2v) is 6.00. The number of fused-ring (bicyclic) bond motifs is 1. The summed E-state index contributed by atoms with van der Waals surface area (Å²) < 4.78 is 10.7. The quantitative estimate of drug-likeness (QED) is 0.581. The van der Waals surface area contributed by atoms with E-state index in [0.717, 1.165) is 27.6 Å². The van der Waals surface area contributed by atoms with Crippen molar-refractivity contribution in [3.8, 4) is 17.2 Å². The van der Waals surface area contributed by atoms with Gasteiger partial charge in [0.25, 0.3) is 0 Å². The first-order chi connectivity index (χ1) is 13.2. The van der Waals surface area contributed by atoms with Crippen molar-refractivity contribution in [2.75, 3.05) is 12.4 Å². The van der Waals surface area contributed by atoms with E-state index in [9.17, 15) is 4.79 Å². The van der Waals surface area contributed by atoms with E-state index in [1.165, 1.54) is 0 Å². The predicted molar refractivity (Wildman–Crippen MR) is 103 cm³/mol. The molecule has 1 N–H and O–H groups in total. The van der Waals surface area contributed by atoms with Crippen LogP contribution < -0.4 is 10.1 Å². The molecule has 0 radical (unpaired) electrons. The normalized spacial score (nSPS) is 10.7. The van der Waals surface area contributed by atoms with E-state index in [1.807, 2.05) is 54.6 Å². The van der Waals surface area contributed by atoms with Crippen molar-refractivity contribution in [3.05, 3.63) is 72.3 Å².